The third-order valence-corrected chi connectivity index (χ3v) is 8.14. The molecular weight excluding hydrogens is 424 g/mol. The molecule has 2 aliphatic rings. The summed E-state index contributed by atoms with van der Waals surface area (Å²) in [6.07, 6.45) is 3.77. The van der Waals surface area contributed by atoms with E-state index in [4.69, 9.17) is 0 Å². The van der Waals surface area contributed by atoms with Gasteiger partial charge in [0.25, 0.3) is 0 Å². The third-order valence-electron chi connectivity index (χ3n) is 6.23. The highest BCUT2D eigenvalue weighted by atomic mass is 32.2. The van der Waals surface area contributed by atoms with Crippen molar-refractivity contribution >= 4 is 27.3 Å². The van der Waals surface area contributed by atoms with Crippen LogP contribution in [-0.4, -0.2) is 69.3 Å². The van der Waals surface area contributed by atoms with Crippen LogP contribution in [0.1, 0.15) is 24.8 Å². The van der Waals surface area contributed by atoms with E-state index in [9.17, 15) is 13.2 Å². The average molecular weight is 457 g/mol. The summed E-state index contributed by atoms with van der Waals surface area (Å²) in [5.41, 5.74) is 3.02. The summed E-state index contributed by atoms with van der Waals surface area (Å²) in [6, 6.07) is 15.0. The van der Waals surface area contributed by atoms with Crippen molar-refractivity contribution in [3.8, 4) is 0 Å². The molecular formula is C24H32N4O3S. The second-order valence-corrected chi connectivity index (χ2v) is 10.6. The number of nitrogens with one attached hydrogen (secondary N) is 1. The Morgan fingerprint density at radius 3 is 2.09 bits per heavy atom. The number of hydrogen-bond donors (Lipinski definition) is 1. The highest BCUT2D eigenvalue weighted by Crippen LogP contribution is 2.22. The Morgan fingerprint density at radius 2 is 1.47 bits per heavy atom. The van der Waals surface area contributed by atoms with E-state index in [1.54, 1.807) is 12.1 Å². The topological polar surface area (TPSA) is 73.0 Å². The van der Waals surface area contributed by atoms with Crippen LogP contribution in [0.2, 0.25) is 0 Å². The average Bonchev–Trinajstić information content (AvgIpc) is 2.81. The van der Waals surface area contributed by atoms with Crippen LogP contribution in [0.25, 0.3) is 0 Å². The Balaban J connectivity index is 1.26. The molecule has 0 bridgehead atoms. The van der Waals surface area contributed by atoms with Crippen LogP contribution in [0.5, 0.6) is 0 Å². The van der Waals surface area contributed by atoms with Gasteiger partial charge in [-0.2, -0.15) is 4.31 Å². The maximum absolute atomic E-state index is 12.8. The van der Waals surface area contributed by atoms with Crippen molar-refractivity contribution in [1.29, 1.82) is 0 Å². The molecule has 2 saturated heterocycles. The molecule has 2 aromatic carbocycles. The van der Waals surface area contributed by atoms with E-state index in [1.807, 2.05) is 36.1 Å². The van der Waals surface area contributed by atoms with E-state index in [-0.39, 0.29) is 12.5 Å². The Bertz CT molecular complexity index is 1010. The molecule has 2 aliphatic heterocycles. The lowest BCUT2D eigenvalue weighted by molar-refractivity contribution is -0.117. The Kier molecular flexibility index (Phi) is 7.13. The van der Waals surface area contributed by atoms with Gasteiger partial charge in [0, 0.05) is 50.6 Å². The van der Waals surface area contributed by atoms with Gasteiger partial charge < -0.3 is 10.2 Å². The summed E-state index contributed by atoms with van der Waals surface area (Å²) in [5.74, 6) is -0.0782. The summed E-state index contributed by atoms with van der Waals surface area (Å²) >= 11 is 0. The van der Waals surface area contributed by atoms with Gasteiger partial charge in [0.2, 0.25) is 15.9 Å². The van der Waals surface area contributed by atoms with E-state index >= 15 is 0 Å². The number of nitrogens with zero attached hydrogens (tertiary/aromatic N) is 3. The van der Waals surface area contributed by atoms with Crippen molar-refractivity contribution in [2.75, 3.05) is 56.0 Å². The number of piperazine rings is 1. The lowest BCUT2D eigenvalue weighted by atomic mass is 10.1. The molecule has 7 nitrogen and oxygen atoms in total. The fourth-order valence-electron chi connectivity index (χ4n) is 4.30. The van der Waals surface area contributed by atoms with Crippen LogP contribution >= 0.6 is 0 Å². The van der Waals surface area contributed by atoms with Gasteiger partial charge in [0.15, 0.2) is 0 Å². The minimum absolute atomic E-state index is 0.0782. The summed E-state index contributed by atoms with van der Waals surface area (Å²) < 4.78 is 27.2. The van der Waals surface area contributed by atoms with Gasteiger partial charge >= 0.3 is 0 Å². The maximum Gasteiger partial charge on any atom is 0.243 e. The van der Waals surface area contributed by atoms with E-state index in [2.05, 4.69) is 22.3 Å². The first kappa shape index (κ1) is 22.8. The number of aryl methyl sites for hydroxylation is 1. The number of sulfonamides is 1. The van der Waals surface area contributed by atoms with Crippen LogP contribution in [-0.2, 0) is 14.8 Å². The minimum Gasteiger partial charge on any atom is -0.372 e. The first-order valence-electron chi connectivity index (χ1n) is 11.4. The molecule has 172 valence electrons. The summed E-state index contributed by atoms with van der Waals surface area (Å²) in [6.45, 7) is 6.21. The van der Waals surface area contributed by atoms with Gasteiger partial charge in [0.05, 0.1) is 11.4 Å². The molecule has 0 atom stereocenters. The lowest BCUT2D eigenvalue weighted by Gasteiger charge is -2.33. The van der Waals surface area contributed by atoms with Gasteiger partial charge in [0.1, 0.15) is 0 Å². The van der Waals surface area contributed by atoms with Crippen molar-refractivity contribution < 1.29 is 13.2 Å². The highest BCUT2D eigenvalue weighted by molar-refractivity contribution is 7.89. The van der Waals surface area contributed by atoms with Gasteiger partial charge in [-0.25, -0.2) is 8.42 Å². The minimum atomic E-state index is -3.49. The van der Waals surface area contributed by atoms with Crippen molar-refractivity contribution in [2.45, 2.75) is 31.1 Å². The molecule has 0 unspecified atom stereocenters. The molecule has 1 amide bonds. The van der Waals surface area contributed by atoms with E-state index in [0.717, 1.165) is 24.3 Å². The molecule has 1 N–H and O–H groups in total. The van der Waals surface area contributed by atoms with Gasteiger partial charge in [-0.15, -0.1) is 0 Å². The number of amides is 1. The number of carbonyl (C=O) groups is 1. The summed E-state index contributed by atoms with van der Waals surface area (Å²) in [7, 11) is -3.49. The maximum atomic E-state index is 12.8. The molecule has 4 rings (SSSR count). The van der Waals surface area contributed by atoms with E-state index in [0.29, 0.717) is 31.1 Å². The normalized spacial score (nSPS) is 18.5. The molecule has 0 radical (unpaired) electrons. The first-order valence-corrected chi connectivity index (χ1v) is 12.8. The van der Waals surface area contributed by atoms with Crippen molar-refractivity contribution in [1.82, 2.24) is 9.21 Å². The molecule has 0 saturated carbocycles. The lowest BCUT2D eigenvalue weighted by Crippen LogP contribution is -2.50. The van der Waals surface area contributed by atoms with Crippen molar-refractivity contribution in [3.63, 3.8) is 0 Å². The Labute approximate surface area is 191 Å². The highest BCUT2D eigenvalue weighted by Gasteiger charge is 2.29. The molecule has 0 spiro atoms. The number of hydrogen-bond acceptors (Lipinski definition) is 5. The van der Waals surface area contributed by atoms with E-state index in [1.165, 1.54) is 29.3 Å². The van der Waals surface area contributed by atoms with E-state index < -0.39 is 10.0 Å². The Hall–Kier alpha value is -2.42. The predicted molar refractivity (Wildman–Crippen MR) is 128 cm³/mol. The molecule has 2 aromatic rings. The zero-order valence-corrected chi connectivity index (χ0v) is 19.5. The smallest absolute Gasteiger partial charge is 0.243 e. The molecule has 8 heteroatoms. The molecule has 0 aliphatic carbocycles. The summed E-state index contributed by atoms with van der Waals surface area (Å²) in [5, 5.41) is 2.96. The Morgan fingerprint density at radius 1 is 0.844 bits per heavy atom. The van der Waals surface area contributed by atoms with Crippen LogP contribution < -0.4 is 10.2 Å². The largest absolute Gasteiger partial charge is 0.372 e. The fourth-order valence-corrected chi connectivity index (χ4v) is 5.72. The molecule has 2 fully saturated rings. The standard InChI is InChI=1S/C24H32N4O3S/c1-20-5-11-23(12-6-20)32(30,31)28-17-15-26(16-18-28)19-24(29)25-21-7-9-22(10-8-21)27-13-3-2-4-14-27/h5-12H,2-4,13-19H2,1H3,(H,25,29). The molecule has 2 heterocycles. The van der Waals surface area contributed by atoms with Gasteiger partial charge in [-0.05, 0) is 62.6 Å². The predicted octanol–water partition coefficient (Wildman–Crippen LogP) is 2.93. The number of rotatable bonds is 6. The van der Waals surface area contributed by atoms with Crippen LogP contribution in [0.15, 0.2) is 53.4 Å². The zero-order valence-electron chi connectivity index (χ0n) is 18.7. The molecule has 32 heavy (non-hydrogen) atoms. The number of anilines is 2. The SMILES string of the molecule is Cc1ccc(S(=O)(=O)N2CCN(CC(=O)Nc3ccc(N4CCCCC4)cc3)CC2)cc1. The number of carbonyl (C=O) groups excluding carboxylic acids is 1. The second-order valence-electron chi connectivity index (χ2n) is 8.64. The van der Waals surface area contributed by atoms with Crippen LogP contribution in [0.3, 0.4) is 0 Å². The van der Waals surface area contributed by atoms with Crippen molar-refractivity contribution in [3.05, 3.63) is 54.1 Å². The third kappa shape index (κ3) is 5.49. The zero-order chi connectivity index (χ0) is 22.6. The number of piperidine rings is 1. The first-order chi connectivity index (χ1) is 15.4. The quantitative estimate of drug-likeness (QED) is 0.724. The fraction of sp³-hybridized carbons (Fsp3) is 0.458. The number of benzene rings is 2. The van der Waals surface area contributed by atoms with Crippen LogP contribution in [0.4, 0.5) is 11.4 Å². The monoisotopic (exact) mass is 456 g/mol. The van der Waals surface area contributed by atoms with Gasteiger partial charge in [-0.3, -0.25) is 9.69 Å². The van der Waals surface area contributed by atoms with Crippen molar-refractivity contribution in [2.24, 2.45) is 0 Å². The second kappa shape index (κ2) is 10.0. The summed E-state index contributed by atoms with van der Waals surface area (Å²) in [4.78, 5) is 17.2. The van der Waals surface area contributed by atoms with Crippen LogP contribution in [0, 0.1) is 6.92 Å². The molecule has 0 aromatic heterocycles. The van der Waals surface area contributed by atoms with Gasteiger partial charge in [-0.1, -0.05) is 17.7 Å².